The minimum absolute atomic E-state index is 0. The molecule has 8 nitrogen and oxygen atoms in total. The zero-order valence-corrected chi connectivity index (χ0v) is 21.2. The van der Waals surface area contributed by atoms with Gasteiger partial charge >= 0.3 is 0 Å². The summed E-state index contributed by atoms with van der Waals surface area (Å²) < 4.78 is 10.2. The highest BCUT2D eigenvalue weighted by Gasteiger charge is 2.44. The van der Waals surface area contributed by atoms with Crippen molar-refractivity contribution in [2.24, 2.45) is 5.41 Å². The van der Waals surface area contributed by atoms with Crippen LogP contribution in [0.5, 0.6) is 11.6 Å². The number of nitrogens with zero attached hydrogens (tertiary/aromatic N) is 4. The molecular formula is C27H27N5O3S. The second-order valence-electron chi connectivity index (χ2n) is 9.36. The van der Waals surface area contributed by atoms with Gasteiger partial charge in [0, 0.05) is 55.2 Å². The number of carbonyl (C=O) groups is 2. The summed E-state index contributed by atoms with van der Waals surface area (Å²) in [4.78, 5) is 36.1. The van der Waals surface area contributed by atoms with Crippen molar-refractivity contribution in [2.75, 3.05) is 19.4 Å². The van der Waals surface area contributed by atoms with Crippen LogP contribution in [-0.4, -0.2) is 45.2 Å². The van der Waals surface area contributed by atoms with Gasteiger partial charge in [-0.3, -0.25) is 9.59 Å². The Hall–Kier alpha value is -4.11. The molecule has 2 aromatic heterocycles. The van der Waals surface area contributed by atoms with Crippen molar-refractivity contribution < 1.29 is 15.8 Å². The molecule has 2 aromatic carbocycles. The highest BCUT2D eigenvalue weighted by atomic mass is 32.1. The molecule has 184 valence electrons. The van der Waals surface area contributed by atoms with E-state index in [-0.39, 0.29) is 19.2 Å². The van der Waals surface area contributed by atoms with Crippen LogP contribution in [0.3, 0.4) is 0 Å². The molecule has 0 spiro atoms. The van der Waals surface area contributed by atoms with Crippen LogP contribution in [0.1, 0.15) is 42.7 Å². The van der Waals surface area contributed by atoms with E-state index in [1.165, 1.54) is 6.33 Å². The van der Waals surface area contributed by atoms with Crippen LogP contribution in [0, 0.1) is 5.41 Å². The van der Waals surface area contributed by atoms with Crippen molar-refractivity contribution >= 4 is 28.5 Å². The lowest BCUT2D eigenvalue weighted by Crippen LogP contribution is -2.38. The molecule has 5 rings (SSSR count). The van der Waals surface area contributed by atoms with E-state index in [0.29, 0.717) is 28.0 Å². The zero-order chi connectivity index (χ0) is 25.4. The maximum atomic E-state index is 13.4. The monoisotopic (exact) mass is 501 g/mol. The Bertz CT molecular complexity index is 1440. The molecule has 0 radical (unpaired) electrons. The van der Waals surface area contributed by atoms with Crippen LogP contribution >= 0.6 is 11.5 Å². The fraction of sp³-hybridized carbons (Fsp3) is 0.222. The number of hydrogen-bond acceptors (Lipinski definition) is 7. The standard InChI is InChI=1S/C27H25N5O3S.H2/c1-27(2,25(34)31-26-28-15-29-36-26)22-18-7-5-6-8-21(18)35-23-19(22)13-14-20(30-23)16-9-11-17(12-10-16)24(33)32(3)4;/h5-15,22H,1-4H3,(H,28,29,31,34);1H/t22-;/m0./s1. The number of para-hydroxylation sites is 1. The third-order valence-corrected chi connectivity index (χ3v) is 6.94. The van der Waals surface area contributed by atoms with Gasteiger partial charge in [-0.1, -0.05) is 50.2 Å². The summed E-state index contributed by atoms with van der Waals surface area (Å²) in [6.07, 6.45) is 1.42. The van der Waals surface area contributed by atoms with E-state index in [4.69, 9.17) is 9.72 Å². The van der Waals surface area contributed by atoms with Crippen LogP contribution in [0.4, 0.5) is 5.13 Å². The van der Waals surface area contributed by atoms with Gasteiger partial charge in [0.1, 0.15) is 12.1 Å². The molecular weight excluding hydrogens is 474 g/mol. The molecule has 4 aromatic rings. The highest BCUT2D eigenvalue weighted by Crippen LogP contribution is 2.52. The Labute approximate surface area is 214 Å². The molecule has 9 heteroatoms. The number of amides is 2. The molecule has 1 aliphatic heterocycles. The number of hydrogen-bond donors (Lipinski definition) is 1. The lowest BCUT2D eigenvalue weighted by molar-refractivity contribution is -0.124. The number of carbonyl (C=O) groups excluding carboxylic acids is 2. The van der Waals surface area contributed by atoms with Gasteiger partial charge in [-0.15, -0.1) is 0 Å². The van der Waals surface area contributed by atoms with Crippen LogP contribution < -0.4 is 10.1 Å². The van der Waals surface area contributed by atoms with E-state index < -0.39 is 5.41 Å². The molecule has 1 aliphatic rings. The normalized spacial score (nSPS) is 14.3. The number of fused-ring (bicyclic) bond motifs is 2. The quantitative estimate of drug-likeness (QED) is 0.391. The number of rotatable bonds is 5. The predicted octanol–water partition coefficient (Wildman–Crippen LogP) is 5.45. The fourth-order valence-corrected chi connectivity index (χ4v) is 4.86. The Morgan fingerprint density at radius 1 is 1.03 bits per heavy atom. The van der Waals surface area contributed by atoms with Gasteiger partial charge in [0.05, 0.1) is 11.1 Å². The average Bonchev–Trinajstić information content (AvgIpc) is 3.39. The Kier molecular flexibility index (Phi) is 6.01. The molecule has 1 atom stereocenters. The molecule has 0 bridgehead atoms. The molecule has 3 heterocycles. The van der Waals surface area contributed by atoms with Gasteiger partial charge in [-0.25, -0.2) is 9.97 Å². The second kappa shape index (κ2) is 9.16. The van der Waals surface area contributed by atoms with Gasteiger partial charge in [0.15, 0.2) is 0 Å². The fourth-order valence-electron chi connectivity index (χ4n) is 4.43. The number of benzene rings is 2. The van der Waals surface area contributed by atoms with E-state index in [1.54, 1.807) is 31.1 Å². The largest absolute Gasteiger partial charge is 0.438 e. The third-order valence-electron chi connectivity index (χ3n) is 6.36. The van der Waals surface area contributed by atoms with Gasteiger partial charge < -0.3 is 15.0 Å². The topological polar surface area (TPSA) is 97.3 Å². The summed E-state index contributed by atoms with van der Waals surface area (Å²) in [5, 5.41) is 3.35. The number of anilines is 1. The van der Waals surface area contributed by atoms with Crippen LogP contribution in [-0.2, 0) is 4.79 Å². The Morgan fingerprint density at radius 2 is 1.78 bits per heavy atom. The second-order valence-corrected chi connectivity index (χ2v) is 10.1. The van der Waals surface area contributed by atoms with Gasteiger partial charge in [0.2, 0.25) is 16.9 Å². The molecule has 2 amide bonds. The van der Waals surface area contributed by atoms with Crippen LogP contribution in [0.2, 0.25) is 0 Å². The van der Waals surface area contributed by atoms with Gasteiger partial charge in [0.25, 0.3) is 5.91 Å². The third kappa shape index (κ3) is 4.22. The smallest absolute Gasteiger partial charge is 0.253 e. The molecule has 0 unspecified atom stereocenters. The Balaban J connectivity index is 0.00000320. The van der Waals surface area contributed by atoms with Crippen LogP contribution in [0.25, 0.3) is 11.3 Å². The lowest BCUT2D eigenvalue weighted by Gasteiger charge is -2.37. The van der Waals surface area contributed by atoms with E-state index in [0.717, 1.165) is 28.2 Å². The van der Waals surface area contributed by atoms with E-state index in [1.807, 2.05) is 62.4 Å². The summed E-state index contributed by atoms with van der Waals surface area (Å²) in [6, 6.07) is 18.9. The van der Waals surface area contributed by atoms with Crippen molar-refractivity contribution in [1.82, 2.24) is 19.2 Å². The number of pyridine rings is 1. The first-order valence-corrected chi connectivity index (χ1v) is 12.2. The summed E-state index contributed by atoms with van der Waals surface area (Å²) in [6.45, 7) is 3.82. The molecule has 0 saturated carbocycles. The number of ether oxygens (including phenoxy) is 1. The first-order chi connectivity index (χ1) is 17.3. The maximum Gasteiger partial charge on any atom is 0.253 e. The summed E-state index contributed by atoms with van der Waals surface area (Å²) in [7, 11) is 3.45. The average molecular weight is 502 g/mol. The molecule has 1 N–H and O–H groups in total. The minimum Gasteiger partial charge on any atom is -0.438 e. The first-order valence-electron chi connectivity index (χ1n) is 11.4. The van der Waals surface area contributed by atoms with E-state index >= 15 is 0 Å². The number of nitrogens with one attached hydrogen (secondary N) is 1. The lowest BCUT2D eigenvalue weighted by atomic mass is 9.69. The predicted molar refractivity (Wildman–Crippen MR) is 140 cm³/mol. The minimum atomic E-state index is -0.850. The maximum absolute atomic E-state index is 13.4. The van der Waals surface area contributed by atoms with Gasteiger partial charge in [-0.2, -0.15) is 4.37 Å². The summed E-state index contributed by atoms with van der Waals surface area (Å²) in [5.41, 5.74) is 3.08. The van der Waals surface area contributed by atoms with E-state index in [9.17, 15) is 9.59 Å². The van der Waals surface area contributed by atoms with Crippen molar-refractivity contribution in [3.05, 3.63) is 83.7 Å². The SMILES string of the molecule is CN(C)C(=O)c1ccc(-c2ccc3c(n2)Oc2ccccc2[C@@H]3C(C)(C)C(=O)Nc2ncns2)cc1.[HH]. The van der Waals surface area contributed by atoms with Crippen molar-refractivity contribution in [1.29, 1.82) is 0 Å². The molecule has 0 fully saturated rings. The van der Waals surface area contributed by atoms with Crippen molar-refractivity contribution in [2.45, 2.75) is 19.8 Å². The van der Waals surface area contributed by atoms with Gasteiger partial charge in [-0.05, 0) is 24.3 Å². The van der Waals surface area contributed by atoms with Crippen molar-refractivity contribution in [3.8, 4) is 22.9 Å². The highest BCUT2D eigenvalue weighted by molar-refractivity contribution is 7.09. The van der Waals surface area contributed by atoms with Crippen molar-refractivity contribution in [3.63, 3.8) is 0 Å². The molecule has 0 saturated heterocycles. The Morgan fingerprint density at radius 3 is 2.47 bits per heavy atom. The molecule has 36 heavy (non-hydrogen) atoms. The van der Waals surface area contributed by atoms with E-state index in [2.05, 4.69) is 14.7 Å². The molecule has 0 aliphatic carbocycles. The number of aromatic nitrogens is 3. The first kappa shape index (κ1) is 23.6. The summed E-state index contributed by atoms with van der Waals surface area (Å²) >= 11 is 1.14. The summed E-state index contributed by atoms with van der Waals surface area (Å²) in [5.74, 6) is 0.603. The van der Waals surface area contributed by atoms with Crippen LogP contribution in [0.15, 0.2) is 67.0 Å². The zero-order valence-electron chi connectivity index (χ0n) is 20.4.